The Morgan fingerprint density at radius 1 is 1.22 bits per heavy atom. The second-order valence-electron chi connectivity index (χ2n) is 5.70. The number of rotatable bonds is 1. The van der Waals surface area contributed by atoms with Crippen LogP contribution in [0.3, 0.4) is 0 Å². The van der Waals surface area contributed by atoms with Gasteiger partial charge in [-0.1, -0.05) is 37.3 Å². The molecule has 0 amide bonds. The van der Waals surface area contributed by atoms with Crippen molar-refractivity contribution in [3.8, 4) is 0 Å². The summed E-state index contributed by atoms with van der Waals surface area (Å²) in [5.41, 5.74) is 4.52. The summed E-state index contributed by atoms with van der Waals surface area (Å²) in [5, 5.41) is 0. The van der Waals surface area contributed by atoms with E-state index in [-0.39, 0.29) is 5.41 Å². The lowest BCUT2D eigenvalue weighted by Gasteiger charge is -2.39. The Kier molecular flexibility index (Phi) is 2.85. The third kappa shape index (κ3) is 1.82. The maximum absolute atomic E-state index is 11.5. The van der Waals surface area contributed by atoms with Crippen LogP contribution in [0.15, 0.2) is 24.3 Å². The maximum atomic E-state index is 11.5. The molecule has 0 bridgehead atoms. The molecule has 0 radical (unpaired) electrons. The minimum Gasteiger partial charge on any atom is -0.300 e. The molecule has 1 fully saturated rings. The van der Waals surface area contributed by atoms with Crippen molar-refractivity contribution < 1.29 is 4.79 Å². The SMILES string of the molecule is CCc1ccc2c(c1)C=CCC21CCC(=O)CC1. The van der Waals surface area contributed by atoms with Crippen LogP contribution in [0.1, 0.15) is 55.7 Å². The molecular weight excluding hydrogens is 220 g/mol. The number of ketones is 1. The Bertz CT molecular complexity index is 500. The van der Waals surface area contributed by atoms with Gasteiger partial charge in [0.2, 0.25) is 0 Å². The first-order valence-electron chi connectivity index (χ1n) is 7.05. The molecule has 1 aromatic carbocycles. The third-order valence-electron chi connectivity index (χ3n) is 4.67. The Balaban J connectivity index is 2.01. The van der Waals surface area contributed by atoms with Crippen molar-refractivity contribution >= 4 is 11.9 Å². The normalized spacial score (nSPS) is 21.1. The first-order chi connectivity index (χ1) is 8.73. The smallest absolute Gasteiger partial charge is 0.132 e. The van der Waals surface area contributed by atoms with Crippen molar-refractivity contribution in [3.63, 3.8) is 0 Å². The Morgan fingerprint density at radius 3 is 2.72 bits per heavy atom. The van der Waals surface area contributed by atoms with Gasteiger partial charge in [0.1, 0.15) is 5.78 Å². The fraction of sp³-hybridized carbons (Fsp3) is 0.471. The van der Waals surface area contributed by atoms with Crippen molar-refractivity contribution in [3.05, 3.63) is 41.0 Å². The molecule has 0 atom stereocenters. The second-order valence-corrected chi connectivity index (χ2v) is 5.70. The first kappa shape index (κ1) is 11.7. The molecule has 1 nitrogen and oxygen atoms in total. The fourth-order valence-corrected chi connectivity index (χ4v) is 3.46. The Labute approximate surface area is 109 Å². The van der Waals surface area contributed by atoms with Crippen LogP contribution in [0, 0.1) is 0 Å². The van der Waals surface area contributed by atoms with E-state index in [9.17, 15) is 4.79 Å². The molecule has 1 aromatic rings. The van der Waals surface area contributed by atoms with E-state index in [0.29, 0.717) is 5.78 Å². The molecule has 0 unspecified atom stereocenters. The van der Waals surface area contributed by atoms with E-state index in [1.807, 2.05) is 0 Å². The van der Waals surface area contributed by atoms with Crippen LogP contribution < -0.4 is 0 Å². The van der Waals surface area contributed by atoms with E-state index >= 15 is 0 Å². The predicted octanol–water partition coefficient (Wildman–Crippen LogP) is 4.05. The molecule has 0 N–H and O–H groups in total. The van der Waals surface area contributed by atoms with Crippen LogP contribution in [0.4, 0.5) is 0 Å². The first-order valence-corrected chi connectivity index (χ1v) is 7.05. The van der Waals surface area contributed by atoms with Crippen LogP contribution in [-0.4, -0.2) is 5.78 Å². The van der Waals surface area contributed by atoms with Gasteiger partial charge in [-0.25, -0.2) is 0 Å². The molecule has 1 saturated carbocycles. The molecule has 3 rings (SSSR count). The summed E-state index contributed by atoms with van der Waals surface area (Å²) in [6.07, 6.45) is 10.4. The average molecular weight is 240 g/mol. The zero-order valence-corrected chi connectivity index (χ0v) is 11.0. The Morgan fingerprint density at radius 2 is 2.00 bits per heavy atom. The monoisotopic (exact) mass is 240 g/mol. The molecule has 0 aliphatic heterocycles. The van der Waals surface area contributed by atoms with Crippen LogP contribution in [-0.2, 0) is 16.6 Å². The number of allylic oxidation sites excluding steroid dienone is 1. The molecule has 94 valence electrons. The third-order valence-corrected chi connectivity index (χ3v) is 4.67. The number of fused-ring (bicyclic) bond motifs is 2. The highest BCUT2D eigenvalue weighted by molar-refractivity contribution is 5.80. The second kappa shape index (κ2) is 4.38. The van der Waals surface area contributed by atoms with Crippen molar-refractivity contribution in [1.82, 2.24) is 0 Å². The summed E-state index contributed by atoms with van der Waals surface area (Å²) < 4.78 is 0. The van der Waals surface area contributed by atoms with Crippen molar-refractivity contribution in [2.24, 2.45) is 0 Å². The van der Waals surface area contributed by atoms with Crippen LogP contribution in [0.25, 0.3) is 6.08 Å². The fourth-order valence-electron chi connectivity index (χ4n) is 3.46. The number of carbonyl (C=O) groups is 1. The summed E-state index contributed by atoms with van der Waals surface area (Å²) in [6, 6.07) is 6.90. The van der Waals surface area contributed by atoms with E-state index in [0.717, 1.165) is 38.5 Å². The standard InChI is InChI=1S/C17H20O/c1-2-13-5-6-16-14(12-13)4-3-9-17(16)10-7-15(18)8-11-17/h3-6,12H,2,7-11H2,1H3. The molecular formula is C17H20O. The van der Waals surface area contributed by atoms with Gasteiger partial charge >= 0.3 is 0 Å². The number of carbonyl (C=O) groups excluding carboxylic acids is 1. The van der Waals surface area contributed by atoms with Gasteiger partial charge in [0.15, 0.2) is 0 Å². The summed E-state index contributed by atoms with van der Waals surface area (Å²) in [4.78, 5) is 11.5. The highest BCUT2D eigenvalue weighted by Gasteiger charge is 2.37. The summed E-state index contributed by atoms with van der Waals surface area (Å²) >= 11 is 0. The lowest BCUT2D eigenvalue weighted by molar-refractivity contribution is -0.121. The minimum absolute atomic E-state index is 0.254. The minimum atomic E-state index is 0.254. The molecule has 2 aliphatic rings. The summed E-state index contributed by atoms with van der Waals surface area (Å²) in [7, 11) is 0. The highest BCUT2D eigenvalue weighted by atomic mass is 16.1. The maximum Gasteiger partial charge on any atom is 0.132 e. The zero-order chi connectivity index (χ0) is 12.6. The molecule has 18 heavy (non-hydrogen) atoms. The van der Waals surface area contributed by atoms with E-state index in [2.05, 4.69) is 37.3 Å². The van der Waals surface area contributed by atoms with Crippen molar-refractivity contribution in [2.45, 2.75) is 50.9 Å². The van der Waals surface area contributed by atoms with E-state index in [1.165, 1.54) is 16.7 Å². The van der Waals surface area contributed by atoms with Crippen LogP contribution in [0.5, 0.6) is 0 Å². The lowest BCUT2D eigenvalue weighted by Crippen LogP contribution is -2.33. The van der Waals surface area contributed by atoms with Gasteiger partial charge in [0.25, 0.3) is 0 Å². The van der Waals surface area contributed by atoms with Gasteiger partial charge < -0.3 is 0 Å². The van der Waals surface area contributed by atoms with Gasteiger partial charge in [-0.15, -0.1) is 0 Å². The van der Waals surface area contributed by atoms with Crippen LogP contribution >= 0.6 is 0 Å². The van der Waals surface area contributed by atoms with Crippen molar-refractivity contribution in [2.75, 3.05) is 0 Å². The van der Waals surface area contributed by atoms with Gasteiger partial charge in [-0.05, 0) is 42.4 Å². The summed E-state index contributed by atoms with van der Waals surface area (Å²) in [5.74, 6) is 0.446. The van der Waals surface area contributed by atoms with Gasteiger partial charge in [0.05, 0.1) is 0 Å². The molecule has 1 spiro atoms. The number of hydrogen-bond acceptors (Lipinski definition) is 1. The largest absolute Gasteiger partial charge is 0.300 e. The molecule has 0 heterocycles. The van der Waals surface area contributed by atoms with Gasteiger partial charge in [0, 0.05) is 18.3 Å². The van der Waals surface area contributed by atoms with Gasteiger partial charge in [-0.3, -0.25) is 4.79 Å². The number of aryl methyl sites for hydroxylation is 1. The quantitative estimate of drug-likeness (QED) is 0.724. The van der Waals surface area contributed by atoms with Crippen molar-refractivity contribution in [1.29, 1.82) is 0 Å². The topological polar surface area (TPSA) is 17.1 Å². The zero-order valence-electron chi connectivity index (χ0n) is 11.0. The van der Waals surface area contributed by atoms with Gasteiger partial charge in [-0.2, -0.15) is 0 Å². The molecule has 2 aliphatic carbocycles. The number of benzene rings is 1. The molecule has 0 saturated heterocycles. The average Bonchev–Trinajstić information content (AvgIpc) is 2.42. The molecule has 1 heteroatoms. The number of Topliss-reactive ketones (excluding diaryl/α,β-unsaturated/α-hetero) is 1. The summed E-state index contributed by atoms with van der Waals surface area (Å²) in [6.45, 7) is 2.20. The molecule has 0 aromatic heterocycles. The number of hydrogen-bond donors (Lipinski definition) is 0. The van der Waals surface area contributed by atoms with Crippen LogP contribution in [0.2, 0.25) is 0 Å². The van der Waals surface area contributed by atoms with E-state index in [1.54, 1.807) is 0 Å². The van der Waals surface area contributed by atoms with E-state index < -0.39 is 0 Å². The van der Waals surface area contributed by atoms with E-state index in [4.69, 9.17) is 0 Å². The highest BCUT2D eigenvalue weighted by Crippen LogP contribution is 2.45. The predicted molar refractivity (Wildman–Crippen MR) is 74.6 cm³/mol. The lowest BCUT2D eigenvalue weighted by atomic mass is 9.64. The Hall–Kier alpha value is -1.37.